The first kappa shape index (κ1) is 23.2. The van der Waals surface area contributed by atoms with Gasteiger partial charge in [-0.1, -0.05) is 158 Å². The average molecular weight is 650 g/mol. The van der Waals surface area contributed by atoms with Crippen molar-refractivity contribution in [2.45, 2.75) is 0 Å². The number of fused-ring (bicyclic) bond motifs is 3. The Balaban J connectivity index is 1.27. The third kappa shape index (κ3) is 5.58. The highest BCUT2D eigenvalue weighted by Gasteiger charge is 2.16. The maximum Gasteiger partial charge on any atom is 0.164 e. The molecule has 0 aliphatic rings. The number of benzene rings is 7. The van der Waals surface area contributed by atoms with Gasteiger partial charge in [-0.3, -0.25) is 0 Å². The number of nitrogens with zero attached hydrogens (tertiary/aromatic N) is 3. The second kappa shape index (κ2) is 12.4. The highest BCUT2D eigenvalue weighted by molar-refractivity contribution is 7.26. The van der Waals surface area contributed by atoms with Gasteiger partial charge in [0.1, 0.15) is 0 Å². The van der Waals surface area contributed by atoms with Crippen molar-refractivity contribution >= 4 is 31.5 Å². The van der Waals surface area contributed by atoms with Crippen LogP contribution >= 0.6 is 11.3 Å². The summed E-state index contributed by atoms with van der Waals surface area (Å²) in [4.78, 5) is 14.5. The van der Waals surface area contributed by atoms with Crippen molar-refractivity contribution in [2.24, 2.45) is 0 Å². The lowest BCUT2D eigenvalue weighted by Gasteiger charge is -2.10. The summed E-state index contributed by atoms with van der Waals surface area (Å²) >= 11 is 1.13. The van der Waals surface area contributed by atoms with Gasteiger partial charge in [0.05, 0.1) is 8.22 Å². The first-order valence-corrected chi connectivity index (χ1v) is 16.7. The van der Waals surface area contributed by atoms with Gasteiger partial charge in [0.2, 0.25) is 0 Å². The fraction of sp³-hybridized carbons (Fsp3) is 0. The molecule has 0 spiro atoms. The standard InChI is InChI=1S/C45H29N3S/c1-4-12-30(13-5-1)32-22-24-33(25-23-32)38-20-11-21-40-42(38)39-27-26-37(29-41(39)49-40)45-47-43(34-16-8-3-9-17-34)46-44(48-45)36-19-10-18-35(28-36)31-14-6-2-7-15-31/h1-29H/i11D,20D,21D,26D,27D,29D. The van der Waals surface area contributed by atoms with Crippen molar-refractivity contribution in [1.29, 1.82) is 0 Å². The van der Waals surface area contributed by atoms with Crippen LogP contribution in [0, 0.1) is 0 Å². The summed E-state index contributed by atoms with van der Waals surface area (Å²) in [5.41, 5.74) is 6.60. The number of rotatable bonds is 6. The van der Waals surface area contributed by atoms with Crippen molar-refractivity contribution < 1.29 is 8.22 Å². The third-order valence-corrected chi connectivity index (χ3v) is 9.49. The van der Waals surface area contributed by atoms with E-state index in [1.165, 1.54) is 0 Å². The molecule has 0 bridgehead atoms. The number of hydrogen-bond donors (Lipinski definition) is 0. The minimum absolute atomic E-state index is 0.0609. The van der Waals surface area contributed by atoms with Crippen molar-refractivity contribution in [2.75, 3.05) is 0 Å². The molecule has 0 saturated carbocycles. The summed E-state index contributed by atoms with van der Waals surface area (Å²) in [6.45, 7) is 0. The summed E-state index contributed by atoms with van der Waals surface area (Å²) in [7, 11) is 0. The van der Waals surface area contributed by atoms with Crippen molar-refractivity contribution in [3.63, 3.8) is 0 Å². The Labute approximate surface area is 297 Å². The third-order valence-electron chi connectivity index (χ3n) is 8.47. The summed E-state index contributed by atoms with van der Waals surface area (Å²) in [5, 5.41) is 0.729. The molecule has 2 aromatic heterocycles. The Bertz CT molecular complexity index is 2920. The molecule has 0 aliphatic carbocycles. The van der Waals surface area contributed by atoms with E-state index >= 15 is 0 Å². The number of aromatic nitrogens is 3. The van der Waals surface area contributed by atoms with Crippen molar-refractivity contribution in [3.05, 3.63) is 176 Å². The normalized spacial score (nSPS) is 13.0. The Kier molecular flexibility index (Phi) is 5.87. The number of hydrogen-bond acceptors (Lipinski definition) is 4. The molecule has 2 heterocycles. The molecule has 230 valence electrons. The maximum absolute atomic E-state index is 9.57. The second-order valence-electron chi connectivity index (χ2n) is 11.6. The van der Waals surface area contributed by atoms with Crippen molar-refractivity contribution in [3.8, 4) is 67.5 Å². The molecule has 9 aromatic rings. The van der Waals surface area contributed by atoms with Crippen LogP contribution in [0.5, 0.6) is 0 Å². The quantitative estimate of drug-likeness (QED) is 0.180. The molecule has 0 aliphatic heterocycles. The molecule has 7 aromatic carbocycles. The summed E-state index contributed by atoms with van der Waals surface area (Å²) in [6, 6.07) is 43.9. The SMILES string of the molecule is [2H]c1c([2H])c(-c2ccc(-c3ccccc3)cc2)c2c(sc3c([2H])c(-c4nc(-c5ccccc5)nc(-c5cccc(-c6ccccc6)c5)n4)c([2H])c([2H])c32)c1[2H]. The van der Waals surface area contributed by atoms with E-state index in [0.717, 1.165) is 44.7 Å². The van der Waals surface area contributed by atoms with Gasteiger partial charge < -0.3 is 0 Å². The molecular formula is C45H29N3S. The van der Waals surface area contributed by atoms with Crippen LogP contribution in [0.4, 0.5) is 0 Å². The monoisotopic (exact) mass is 649 g/mol. The lowest BCUT2D eigenvalue weighted by atomic mass is 9.97. The van der Waals surface area contributed by atoms with Gasteiger partial charge in [-0.2, -0.15) is 0 Å². The Morgan fingerprint density at radius 3 is 1.63 bits per heavy atom. The van der Waals surface area contributed by atoms with Gasteiger partial charge in [0.15, 0.2) is 17.5 Å². The first-order chi connectivity index (χ1) is 26.8. The zero-order valence-electron chi connectivity index (χ0n) is 32.0. The second-order valence-corrected chi connectivity index (χ2v) is 12.6. The van der Waals surface area contributed by atoms with Crippen LogP contribution in [0.2, 0.25) is 0 Å². The summed E-state index contributed by atoms with van der Waals surface area (Å²) in [5.74, 6) is 0.803. The first-order valence-electron chi connectivity index (χ1n) is 18.9. The van der Waals surface area contributed by atoms with Gasteiger partial charge in [-0.15, -0.1) is 11.3 Å². The van der Waals surface area contributed by atoms with Gasteiger partial charge in [0, 0.05) is 36.9 Å². The summed E-state index contributed by atoms with van der Waals surface area (Å²) in [6.07, 6.45) is 0. The van der Waals surface area contributed by atoms with Crippen LogP contribution in [0.15, 0.2) is 176 Å². The van der Waals surface area contributed by atoms with Crippen molar-refractivity contribution in [1.82, 2.24) is 15.0 Å². The summed E-state index contributed by atoms with van der Waals surface area (Å²) < 4.78 is 55.8. The van der Waals surface area contributed by atoms with Crippen LogP contribution in [-0.2, 0) is 0 Å². The molecule has 0 unspecified atom stereocenters. The van der Waals surface area contributed by atoms with Crippen LogP contribution in [0.3, 0.4) is 0 Å². The molecule has 0 saturated heterocycles. The minimum atomic E-state index is -0.246. The van der Waals surface area contributed by atoms with Gasteiger partial charge >= 0.3 is 0 Å². The lowest BCUT2D eigenvalue weighted by Crippen LogP contribution is -2.00. The van der Waals surface area contributed by atoms with E-state index in [4.69, 9.17) is 19.1 Å². The molecule has 9 rings (SSSR count). The minimum Gasteiger partial charge on any atom is -0.208 e. The fourth-order valence-corrected chi connectivity index (χ4v) is 7.06. The van der Waals surface area contributed by atoms with Gasteiger partial charge in [0.25, 0.3) is 0 Å². The molecule has 0 fully saturated rings. The molecule has 3 nitrogen and oxygen atoms in total. The largest absolute Gasteiger partial charge is 0.208 e. The van der Waals surface area contributed by atoms with Crippen LogP contribution < -0.4 is 0 Å². The fourth-order valence-electron chi connectivity index (χ4n) is 6.04. The molecule has 0 atom stereocenters. The van der Waals surface area contributed by atoms with E-state index in [1.54, 1.807) is 0 Å². The van der Waals surface area contributed by atoms with Gasteiger partial charge in [-0.05, 0) is 51.5 Å². The van der Waals surface area contributed by atoms with E-state index in [2.05, 4.69) is 0 Å². The lowest BCUT2D eigenvalue weighted by molar-refractivity contribution is 1.07. The Morgan fingerprint density at radius 1 is 0.408 bits per heavy atom. The van der Waals surface area contributed by atoms with E-state index in [-0.39, 0.29) is 47.6 Å². The van der Waals surface area contributed by atoms with E-state index in [0.29, 0.717) is 42.9 Å². The molecule has 4 heteroatoms. The molecular weight excluding hydrogens is 615 g/mol. The van der Waals surface area contributed by atoms with Gasteiger partial charge in [-0.25, -0.2) is 15.0 Å². The van der Waals surface area contributed by atoms with E-state index in [9.17, 15) is 4.11 Å². The predicted octanol–water partition coefficient (Wildman–Crippen LogP) is 12.2. The number of thiophene rings is 1. The Morgan fingerprint density at radius 2 is 0.939 bits per heavy atom. The van der Waals surface area contributed by atoms with E-state index < -0.39 is 0 Å². The molecule has 0 radical (unpaired) electrons. The van der Waals surface area contributed by atoms with Crippen LogP contribution in [-0.4, -0.2) is 15.0 Å². The Hall–Kier alpha value is -6.23. The maximum atomic E-state index is 9.57. The average Bonchev–Trinajstić information content (AvgIpc) is 3.64. The molecule has 0 amide bonds. The van der Waals surface area contributed by atoms with E-state index in [1.807, 2.05) is 140 Å². The smallest absolute Gasteiger partial charge is 0.164 e. The topological polar surface area (TPSA) is 38.7 Å². The predicted molar refractivity (Wildman–Crippen MR) is 205 cm³/mol. The highest BCUT2D eigenvalue weighted by atomic mass is 32.1. The molecule has 49 heavy (non-hydrogen) atoms. The van der Waals surface area contributed by atoms with Crippen LogP contribution in [0.1, 0.15) is 8.22 Å². The highest BCUT2D eigenvalue weighted by Crippen LogP contribution is 2.41. The van der Waals surface area contributed by atoms with Crippen LogP contribution in [0.25, 0.3) is 87.7 Å². The zero-order chi connectivity index (χ0) is 37.8. The molecule has 0 N–H and O–H groups in total. The zero-order valence-corrected chi connectivity index (χ0v) is 26.8.